The highest BCUT2D eigenvalue weighted by molar-refractivity contribution is 7.13. The molecule has 4 heteroatoms. The molecule has 2 aliphatic carbocycles. The average molecular weight is 326 g/mol. The molecular formula is C19H22N2OS. The number of nitrogens with zero attached hydrogens (tertiary/aromatic N) is 2. The van der Waals surface area contributed by atoms with E-state index in [1.54, 1.807) is 17.5 Å². The Labute approximate surface area is 141 Å². The van der Waals surface area contributed by atoms with Crippen molar-refractivity contribution >= 4 is 22.4 Å². The number of hydrogen-bond acceptors (Lipinski definition) is 3. The summed E-state index contributed by atoms with van der Waals surface area (Å²) in [5.41, 5.74) is 1.16. The van der Waals surface area contributed by atoms with Crippen LogP contribution in [0.15, 0.2) is 41.9 Å². The third-order valence-corrected chi connectivity index (χ3v) is 6.25. The second kappa shape index (κ2) is 6.44. The maximum absolute atomic E-state index is 13.0. The van der Waals surface area contributed by atoms with Gasteiger partial charge in [-0.05, 0) is 42.6 Å². The molecule has 2 aromatic rings. The molecule has 2 fully saturated rings. The lowest BCUT2D eigenvalue weighted by Gasteiger charge is -2.25. The summed E-state index contributed by atoms with van der Waals surface area (Å²) < 4.78 is 0. The number of carbonyl (C=O) groups is 1. The minimum absolute atomic E-state index is 0.237. The molecule has 1 amide bonds. The third kappa shape index (κ3) is 3.18. The zero-order valence-electron chi connectivity index (χ0n) is 13.2. The number of fused-ring (bicyclic) bond motifs is 2. The first kappa shape index (κ1) is 14.9. The molecule has 1 heterocycles. The highest BCUT2D eigenvalue weighted by Gasteiger charge is 2.40. The van der Waals surface area contributed by atoms with Gasteiger partial charge in [-0.2, -0.15) is 0 Å². The lowest BCUT2D eigenvalue weighted by atomic mass is 9.86. The van der Waals surface area contributed by atoms with Crippen LogP contribution >= 0.6 is 11.3 Å². The van der Waals surface area contributed by atoms with Crippen molar-refractivity contribution in [1.29, 1.82) is 0 Å². The van der Waals surface area contributed by atoms with Crippen LogP contribution in [0, 0.1) is 17.8 Å². The molecular weight excluding hydrogens is 304 g/mol. The molecule has 1 aromatic carbocycles. The minimum Gasteiger partial charge on any atom is -0.284 e. The van der Waals surface area contributed by atoms with Crippen molar-refractivity contribution in [1.82, 2.24) is 4.98 Å². The highest BCUT2D eigenvalue weighted by Crippen LogP contribution is 2.49. The van der Waals surface area contributed by atoms with E-state index in [4.69, 9.17) is 0 Å². The molecule has 3 atom stereocenters. The van der Waals surface area contributed by atoms with Crippen molar-refractivity contribution in [3.05, 3.63) is 47.5 Å². The number of aromatic nitrogens is 1. The Bertz CT molecular complexity index is 655. The molecule has 2 aliphatic rings. The van der Waals surface area contributed by atoms with Crippen LogP contribution in [0.2, 0.25) is 0 Å². The molecule has 4 rings (SSSR count). The van der Waals surface area contributed by atoms with Gasteiger partial charge in [-0.15, -0.1) is 11.3 Å². The summed E-state index contributed by atoms with van der Waals surface area (Å²) >= 11 is 1.55. The fraction of sp³-hybridized carbons (Fsp3) is 0.474. The van der Waals surface area contributed by atoms with Gasteiger partial charge in [-0.25, -0.2) is 4.98 Å². The molecule has 2 bridgehead atoms. The standard InChI is InChI=1S/C19H22N2OS/c22-18(12-17-11-15-6-7-16(17)10-15)21(19-20-8-9-23-19)13-14-4-2-1-3-5-14/h1-5,8-9,15-17H,6-7,10-13H2/t15-,16-,17-/m0/s1. The first-order valence-corrected chi connectivity index (χ1v) is 9.41. The van der Waals surface area contributed by atoms with Crippen LogP contribution in [0.25, 0.3) is 0 Å². The average Bonchev–Trinajstić information content (AvgIpc) is 3.31. The predicted octanol–water partition coefficient (Wildman–Crippen LogP) is 4.50. The molecule has 23 heavy (non-hydrogen) atoms. The Kier molecular flexibility index (Phi) is 4.17. The summed E-state index contributed by atoms with van der Waals surface area (Å²) in [5, 5.41) is 2.76. The van der Waals surface area contributed by atoms with E-state index < -0.39 is 0 Å². The fourth-order valence-electron chi connectivity index (χ4n) is 4.34. The third-order valence-electron chi connectivity index (χ3n) is 5.46. The van der Waals surface area contributed by atoms with Crippen molar-refractivity contribution in [2.24, 2.45) is 17.8 Å². The van der Waals surface area contributed by atoms with Gasteiger partial charge in [0.2, 0.25) is 5.91 Å². The number of amides is 1. The second-order valence-corrected chi connectivity index (χ2v) is 7.79. The normalized spacial score (nSPS) is 25.7. The molecule has 0 saturated heterocycles. The van der Waals surface area contributed by atoms with Crippen LogP contribution in [0.4, 0.5) is 5.13 Å². The Morgan fingerprint density at radius 2 is 2.09 bits per heavy atom. The largest absolute Gasteiger partial charge is 0.284 e. The number of thiazole rings is 1. The molecule has 0 N–H and O–H groups in total. The van der Waals surface area contributed by atoms with Crippen molar-refractivity contribution in [2.75, 3.05) is 4.90 Å². The summed E-state index contributed by atoms with van der Waals surface area (Å²) in [4.78, 5) is 19.2. The van der Waals surface area contributed by atoms with E-state index in [2.05, 4.69) is 17.1 Å². The maximum atomic E-state index is 13.0. The second-order valence-electron chi connectivity index (χ2n) is 6.92. The molecule has 2 saturated carbocycles. The Morgan fingerprint density at radius 3 is 2.74 bits per heavy atom. The van der Waals surface area contributed by atoms with Crippen LogP contribution < -0.4 is 4.90 Å². The number of anilines is 1. The van der Waals surface area contributed by atoms with E-state index in [9.17, 15) is 4.79 Å². The Balaban J connectivity index is 1.49. The highest BCUT2D eigenvalue weighted by atomic mass is 32.1. The zero-order chi connectivity index (χ0) is 15.6. The summed E-state index contributed by atoms with van der Waals surface area (Å²) in [6.45, 7) is 0.619. The van der Waals surface area contributed by atoms with Gasteiger partial charge in [0.1, 0.15) is 0 Å². The van der Waals surface area contributed by atoms with Crippen LogP contribution in [-0.4, -0.2) is 10.9 Å². The molecule has 0 unspecified atom stereocenters. The van der Waals surface area contributed by atoms with Crippen LogP contribution in [0.1, 0.15) is 37.7 Å². The van der Waals surface area contributed by atoms with Gasteiger partial charge in [0, 0.05) is 18.0 Å². The first-order valence-electron chi connectivity index (χ1n) is 8.53. The van der Waals surface area contributed by atoms with Crippen LogP contribution in [-0.2, 0) is 11.3 Å². The first-order chi connectivity index (χ1) is 11.3. The summed E-state index contributed by atoms with van der Waals surface area (Å²) in [5.74, 6) is 2.51. The van der Waals surface area contributed by atoms with Crippen LogP contribution in [0.3, 0.4) is 0 Å². The van der Waals surface area contributed by atoms with Gasteiger partial charge in [0.25, 0.3) is 0 Å². The lowest BCUT2D eigenvalue weighted by Crippen LogP contribution is -2.32. The zero-order valence-corrected chi connectivity index (χ0v) is 14.0. The summed E-state index contributed by atoms with van der Waals surface area (Å²) in [7, 11) is 0. The lowest BCUT2D eigenvalue weighted by molar-refractivity contribution is -0.120. The van der Waals surface area contributed by atoms with E-state index in [1.807, 2.05) is 28.5 Å². The number of carbonyl (C=O) groups excluding carboxylic acids is 1. The summed E-state index contributed by atoms with van der Waals surface area (Å²) in [6.07, 6.45) is 7.80. The number of rotatable bonds is 5. The number of hydrogen-bond donors (Lipinski definition) is 0. The quantitative estimate of drug-likeness (QED) is 0.810. The van der Waals surface area contributed by atoms with Crippen molar-refractivity contribution in [2.45, 2.75) is 38.6 Å². The van der Waals surface area contributed by atoms with Gasteiger partial charge in [0.05, 0.1) is 6.54 Å². The van der Waals surface area contributed by atoms with Crippen molar-refractivity contribution < 1.29 is 4.79 Å². The molecule has 0 radical (unpaired) electrons. The van der Waals surface area contributed by atoms with Gasteiger partial charge in [0.15, 0.2) is 5.13 Å². The summed E-state index contributed by atoms with van der Waals surface area (Å²) in [6, 6.07) is 10.2. The topological polar surface area (TPSA) is 33.2 Å². The molecule has 120 valence electrons. The number of benzene rings is 1. The Morgan fingerprint density at radius 1 is 1.22 bits per heavy atom. The SMILES string of the molecule is O=C(C[C@@H]1C[C@H]2CC[C@H]1C2)N(Cc1ccccc1)c1nccs1. The molecule has 3 nitrogen and oxygen atoms in total. The molecule has 1 aromatic heterocycles. The predicted molar refractivity (Wildman–Crippen MR) is 93.3 cm³/mol. The van der Waals surface area contributed by atoms with E-state index in [-0.39, 0.29) is 5.91 Å². The van der Waals surface area contributed by atoms with E-state index in [1.165, 1.54) is 25.7 Å². The van der Waals surface area contributed by atoms with E-state index >= 15 is 0 Å². The van der Waals surface area contributed by atoms with Gasteiger partial charge < -0.3 is 0 Å². The smallest absolute Gasteiger partial charge is 0.229 e. The fourth-order valence-corrected chi connectivity index (χ4v) is 5.00. The van der Waals surface area contributed by atoms with Gasteiger partial charge >= 0.3 is 0 Å². The van der Waals surface area contributed by atoms with Gasteiger partial charge in [-0.3, -0.25) is 9.69 Å². The monoisotopic (exact) mass is 326 g/mol. The van der Waals surface area contributed by atoms with Crippen molar-refractivity contribution in [3.8, 4) is 0 Å². The van der Waals surface area contributed by atoms with Crippen molar-refractivity contribution in [3.63, 3.8) is 0 Å². The van der Waals surface area contributed by atoms with E-state index in [0.717, 1.165) is 22.5 Å². The minimum atomic E-state index is 0.237. The van der Waals surface area contributed by atoms with E-state index in [0.29, 0.717) is 18.9 Å². The molecule has 0 aliphatic heterocycles. The van der Waals surface area contributed by atoms with Gasteiger partial charge in [-0.1, -0.05) is 36.8 Å². The maximum Gasteiger partial charge on any atom is 0.229 e. The molecule has 0 spiro atoms. The van der Waals surface area contributed by atoms with Crippen LogP contribution in [0.5, 0.6) is 0 Å². The Hall–Kier alpha value is -1.68.